The molecule has 1 heterocycles. The van der Waals surface area contributed by atoms with Crippen LogP contribution in [-0.2, 0) is 0 Å². The maximum Gasteiger partial charge on any atom is 0.341 e. The molecule has 0 atom stereocenters. The van der Waals surface area contributed by atoms with Crippen molar-refractivity contribution >= 4 is 17.6 Å². The highest BCUT2D eigenvalue weighted by Gasteiger charge is 2.19. The normalized spacial score (nSPS) is 10.3. The third-order valence-electron chi connectivity index (χ3n) is 2.08. The molecule has 3 N–H and O–H groups in total. The first-order chi connectivity index (χ1) is 7.59. The van der Waals surface area contributed by atoms with E-state index in [0.29, 0.717) is 5.56 Å². The zero-order valence-electron chi connectivity index (χ0n) is 7.94. The van der Waals surface area contributed by atoms with Gasteiger partial charge in [0.2, 0.25) is 0 Å². The van der Waals surface area contributed by atoms with Crippen molar-refractivity contribution in [2.75, 3.05) is 0 Å². The minimum Gasteiger partial charge on any atom is -0.508 e. The number of aromatic amines is 1. The van der Waals surface area contributed by atoms with E-state index in [-0.39, 0.29) is 22.2 Å². The summed E-state index contributed by atoms with van der Waals surface area (Å²) in [7, 11) is 0. The highest BCUT2D eigenvalue weighted by Crippen LogP contribution is 2.27. The molecule has 0 saturated carbocycles. The molecular weight excluding hydrogens is 232 g/mol. The van der Waals surface area contributed by atoms with Crippen molar-refractivity contribution in [1.29, 1.82) is 0 Å². The number of aromatic hydroxyl groups is 1. The molecule has 5 nitrogen and oxygen atoms in total. The lowest BCUT2D eigenvalue weighted by Crippen LogP contribution is -1.97. The van der Waals surface area contributed by atoms with Crippen molar-refractivity contribution in [3.05, 3.63) is 35.0 Å². The van der Waals surface area contributed by atoms with E-state index in [1.807, 2.05) is 0 Å². The first-order valence-electron chi connectivity index (χ1n) is 4.36. The predicted octanol–water partition coefficient (Wildman–Crippen LogP) is 2.13. The zero-order valence-corrected chi connectivity index (χ0v) is 8.69. The molecule has 0 aliphatic carbocycles. The van der Waals surface area contributed by atoms with Crippen molar-refractivity contribution < 1.29 is 15.0 Å². The number of carboxylic acids is 1. The number of carboxylic acid groups (broad SMARTS) is 1. The molecule has 0 saturated heterocycles. The van der Waals surface area contributed by atoms with Crippen LogP contribution in [-0.4, -0.2) is 26.4 Å². The number of carbonyl (C=O) groups is 1. The van der Waals surface area contributed by atoms with Gasteiger partial charge in [0.05, 0.1) is 0 Å². The molecule has 0 amide bonds. The van der Waals surface area contributed by atoms with Crippen LogP contribution in [0.5, 0.6) is 5.75 Å². The van der Waals surface area contributed by atoms with Gasteiger partial charge in [-0.05, 0) is 24.3 Å². The first kappa shape index (κ1) is 10.5. The molecule has 0 radical (unpaired) electrons. The number of phenols is 1. The number of nitrogens with zero attached hydrogens (tertiary/aromatic N) is 1. The van der Waals surface area contributed by atoms with Crippen LogP contribution in [0.4, 0.5) is 0 Å². The number of aromatic carboxylic acids is 1. The van der Waals surface area contributed by atoms with Crippen LogP contribution in [0.3, 0.4) is 0 Å². The lowest BCUT2D eigenvalue weighted by Gasteiger charge is -1.99. The Bertz CT molecular complexity index is 533. The quantitative estimate of drug-likeness (QED) is 0.748. The molecule has 0 aliphatic heterocycles. The Labute approximate surface area is 95.3 Å². The SMILES string of the molecule is O=C(O)c1c(-c2ccc(O)cc2)n[nH]c1Cl. The average Bonchev–Trinajstić information content (AvgIpc) is 2.61. The largest absolute Gasteiger partial charge is 0.508 e. The Morgan fingerprint density at radius 3 is 2.50 bits per heavy atom. The minimum atomic E-state index is -1.15. The zero-order chi connectivity index (χ0) is 11.7. The predicted molar refractivity (Wildman–Crippen MR) is 57.7 cm³/mol. The number of H-pyrrole nitrogens is 1. The molecule has 2 rings (SSSR count). The van der Waals surface area contributed by atoms with Gasteiger partial charge in [0.25, 0.3) is 0 Å². The molecule has 1 aromatic heterocycles. The second kappa shape index (κ2) is 3.86. The van der Waals surface area contributed by atoms with E-state index in [0.717, 1.165) is 0 Å². The molecule has 16 heavy (non-hydrogen) atoms. The minimum absolute atomic E-state index is 0.0180. The molecule has 0 spiro atoms. The van der Waals surface area contributed by atoms with Gasteiger partial charge in [0, 0.05) is 5.56 Å². The smallest absolute Gasteiger partial charge is 0.341 e. The van der Waals surface area contributed by atoms with Gasteiger partial charge in [0.1, 0.15) is 22.2 Å². The molecule has 1 aromatic carbocycles. The number of benzene rings is 1. The lowest BCUT2D eigenvalue weighted by molar-refractivity contribution is 0.0698. The summed E-state index contributed by atoms with van der Waals surface area (Å²) in [5, 5.41) is 24.3. The molecule has 0 fully saturated rings. The Balaban J connectivity index is 2.56. The molecule has 2 aromatic rings. The average molecular weight is 239 g/mol. The van der Waals surface area contributed by atoms with E-state index < -0.39 is 5.97 Å². The lowest BCUT2D eigenvalue weighted by atomic mass is 10.1. The maximum absolute atomic E-state index is 11.0. The highest BCUT2D eigenvalue weighted by molar-refractivity contribution is 6.33. The van der Waals surface area contributed by atoms with Crippen molar-refractivity contribution in [3.63, 3.8) is 0 Å². The van der Waals surface area contributed by atoms with E-state index in [4.69, 9.17) is 21.8 Å². The molecule has 0 unspecified atom stereocenters. The second-order valence-corrected chi connectivity index (χ2v) is 3.49. The summed E-state index contributed by atoms with van der Waals surface area (Å²) in [5.41, 5.74) is 0.739. The van der Waals surface area contributed by atoms with Crippen LogP contribution in [0.1, 0.15) is 10.4 Å². The topological polar surface area (TPSA) is 86.2 Å². The monoisotopic (exact) mass is 238 g/mol. The molecule has 0 bridgehead atoms. The molecular formula is C10H7ClN2O3. The van der Waals surface area contributed by atoms with Crippen LogP contribution >= 0.6 is 11.6 Å². The van der Waals surface area contributed by atoms with Gasteiger partial charge in [-0.25, -0.2) is 4.79 Å². The summed E-state index contributed by atoms with van der Waals surface area (Å²) < 4.78 is 0. The number of phenolic OH excluding ortho intramolecular Hbond substituents is 1. The highest BCUT2D eigenvalue weighted by atomic mass is 35.5. The number of aromatic nitrogens is 2. The first-order valence-corrected chi connectivity index (χ1v) is 4.74. The van der Waals surface area contributed by atoms with Crippen LogP contribution in [0.2, 0.25) is 5.15 Å². The van der Waals surface area contributed by atoms with Crippen molar-refractivity contribution in [2.24, 2.45) is 0 Å². The number of nitrogens with one attached hydrogen (secondary N) is 1. The Morgan fingerprint density at radius 2 is 1.94 bits per heavy atom. The molecule has 0 aliphatic rings. The van der Waals surface area contributed by atoms with Crippen molar-refractivity contribution in [1.82, 2.24) is 10.2 Å². The number of rotatable bonds is 2. The Kier molecular flexibility index (Phi) is 2.54. The van der Waals surface area contributed by atoms with Gasteiger partial charge < -0.3 is 10.2 Å². The van der Waals surface area contributed by atoms with Crippen LogP contribution in [0, 0.1) is 0 Å². The summed E-state index contributed by atoms with van der Waals surface area (Å²) in [6.45, 7) is 0. The standard InChI is InChI=1S/C10H7ClN2O3/c11-9-7(10(15)16)8(12-13-9)5-1-3-6(14)4-2-5/h1-4,14H,(H,12,13)(H,15,16). The fraction of sp³-hybridized carbons (Fsp3) is 0. The number of hydrogen-bond donors (Lipinski definition) is 3. The maximum atomic E-state index is 11.0. The van der Waals surface area contributed by atoms with Crippen molar-refractivity contribution in [2.45, 2.75) is 0 Å². The van der Waals surface area contributed by atoms with Crippen LogP contribution in [0.15, 0.2) is 24.3 Å². The van der Waals surface area contributed by atoms with E-state index in [1.54, 1.807) is 12.1 Å². The van der Waals surface area contributed by atoms with Crippen LogP contribution < -0.4 is 0 Å². The van der Waals surface area contributed by atoms with Gasteiger partial charge in [0.15, 0.2) is 0 Å². The number of halogens is 1. The molecule has 6 heteroatoms. The van der Waals surface area contributed by atoms with Crippen LogP contribution in [0.25, 0.3) is 11.3 Å². The summed E-state index contributed by atoms with van der Waals surface area (Å²) >= 11 is 5.67. The van der Waals surface area contributed by atoms with E-state index in [1.165, 1.54) is 12.1 Å². The van der Waals surface area contributed by atoms with Gasteiger partial charge in [-0.1, -0.05) is 11.6 Å². The van der Waals surface area contributed by atoms with Gasteiger partial charge in [-0.15, -0.1) is 0 Å². The summed E-state index contributed by atoms with van der Waals surface area (Å²) in [6.07, 6.45) is 0. The van der Waals surface area contributed by atoms with Crippen molar-refractivity contribution in [3.8, 4) is 17.0 Å². The molecule has 82 valence electrons. The van der Waals surface area contributed by atoms with Gasteiger partial charge in [-0.3, -0.25) is 5.10 Å². The third kappa shape index (κ3) is 1.72. The summed E-state index contributed by atoms with van der Waals surface area (Å²) in [5.74, 6) is -1.05. The fourth-order valence-electron chi connectivity index (χ4n) is 1.34. The Morgan fingerprint density at radius 1 is 1.31 bits per heavy atom. The fourth-order valence-corrected chi connectivity index (χ4v) is 1.56. The third-order valence-corrected chi connectivity index (χ3v) is 2.35. The second-order valence-electron chi connectivity index (χ2n) is 3.11. The Hall–Kier alpha value is -2.01. The van der Waals surface area contributed by atoms with E-state index >= 15 is 0 Å². The summed E-state index contributed by atoms with van der Waals surface area (Å²) in [4.78, 5) is 11.0. The number of hydrogen-bond acceptors (Lipinski definition) is 3. The van der Waals surface area contributed by atoms with E-state index in [9.17, 15) is 4.79 Å². The van der Waals surface area contributed by atoms with Gasteiger partial charge in [-0.2, -0.15) is 5.10 Å². The van der Waals surface area contributed by atoms with Gasteiger partial charge >= 0.3 is 5.97 Å². The summed E-state index contributed by atoms with van der Waals surface area (Å²) in [6, 6.07) is 6.02. The van der Waals surface area contributed by atoms with E-state index in [2.05, 4.69) is 10.2 Å².